The molecule has 4 nitrogen and oxygen atoms in total. The van der Waals surface area contributed by atoms with Crippen LogP contribution in [0.4, 0.5) is 0 Å². The van der Waals surface area contributed by atoms with Crippen LogP contribution in [0.2, 0.25) is 0 Å². The highest BCUT2D eigenvalue weighted by Gasteiger charge is 2.16. The molecule has 1 N–H and O–H groups in total. The SMILES string of the molecule is CCNC(CCc1ccco1)c1ncccc1OC. The maximum Gasteiger partial charge on any atom is 0.141 e. The van der Waals surface area contributed by atoms with Crippen LogP contribution in [-0.2, 0) is 6.42 Å². The maximum atomic E-state index is 5.38. The van der Waals surface area contributed by atoms with Gasteiger partial charge in [0.05, 0.1) is 25.1 Å². The Morgan fingerprint density at radius 2 is 2.26 bits per heavy atom. The number of rotatable bonds is 7. The second-order valence-electron chi connectivity index (χ2n) is 4.32. The topological polar surface area (TPSA) is 47.3 Å². The van der Waals surface area contributed by atoms with Crippen LogP contribution in [0, 0.1) is 0 Å². The number of methoxy groups -OCH3 is 1. The van der Waals surface area contributed by atoms with Gasteiger partial charge >= 0.3 is 0 Å². The molecule has 0 aliphatic heterocycles. The van der Waals surface area contributed by atoms with Gasteiger partial charge in [0.25, 0.3) is 0 Å². The standard InChI is InChI=1S/C15H20N2O2/c1-3-16-13(9-8-12-6-5-11-19-12)15-14(18-2)7-4-10-17-15/h4-7,10-11,13,16H,3,8-9H2,1-2H3. The number of aryl methyl sites for hydroxylation is 1. The van der Waals surface area contributed by atoms with E-state index in [0.717, 1.165) is 36.6 Å². The molecule has 0 aromatic carbocycles. The number of hydrogen-bond donors (Lipinski definition) is 1. The van der Waals surface area contributed by atoms with Gasteiger partial charge in [-0.15, -0.1) is 0 Å². The van der Waals surface area contributed by atoms with E-state index in [2.05, 4.69) is 17.2 Å². The third kappa shape index (κ3) is 3.58. The zero-order valence-corrected chi connectivity index (χ0v) is 11.4. The molecule has 2 aromatic rings. The van der Waals surface area contributed by atoms with E-state index in [4.69, 9.17) is 9.15 Å². The minimum Gasteiger partial charge on any atom is -0.495 e. The first kappa shape index (κ1) is 13.6. The van der Waals surface area contributed by atoms with Crippen molar-refractivity contribution in [2.24, 2.45) is 0 Å². The van der Waals surface area contributed by atoms with E-state index in [0.29, 0.717) is 0 Å². The van der Waals surface area contributed by atoms with Crippen molar-refractivity contribution < 1.29 is 9.15 Å². The molecular formula is C15H20N2O2. The zero-order chi connectivity index (χ0) is 13.5. The van der Waals surface area contributed by atoms with Crippen molar-refractivity contribution in [3.8, 4) is 5.75 Å². The van der Waals surface area contributed by atoms with Gasteiger partial charge in [0, 0.05) is 12.6 Å². The first-order valence-corrected chi connectivity index (χ1v) is 6.59. The Kier molecular flexibility index (Phi) is 4.98. The molecule has 0 spiro atoms. The lowest BCUT2D eigenvalue weighted by Gasteiger charge is -2.19. The van der Waals surface area contributed by atoms with Crippen LogP contribution in [0.25, 0.3) is 0 Å². The summed E-state index contributed by atoms with van der Waals surface area (Å²) < 4.78 is 10.8. The monoisotopic (exact) mass is 260 g/mol. The summed E-state index contributed by atoms with van der Waals surface area (Å²) in [5.41, 5.74) is 0.957. The summed E-state index contributed by atoms with van der Waals surface area (Å²) >= 11 is 0. The van der Waals surface area contributed by atoms with Crippen molar-refractivity contribution in [1.82, 2.24) is 10.3 Å². The van der Waals surface area contributed by atoms with Crippen LogP contribution in [0.5, 0.6) is 5.75 Å². The first-order chi connectivity index (χ1) is 9.35. The van der Waals surface area contributed by atoms with Gasteiger partial charge in [0.2, 0.25) is 0 Å². The van der Waals surface area contributed by atoms with Crippen LogP contribution in [-0.4, -0.2) is 18.6 Å². The molecule has 0 fully saturated rings. The van der Waals surface area contributed by atoms with Crippen molar-refractivity contribution in [3.05, 3.63) is 48.2 Å². The highest BCUT2D eigenvalue weighted by atomic mass is 16.5. The Bertz CT molecular complexity index is 483. The highest BCUT2D eigenvalue weighted by Crippen LogP contribution is 2.25. The van der Waals surface area contributed by atoms with Crippen molar-refractivity contribution in [1.29, 1.82) is 0 Å². The van der Waals surface area contributed by atoms with Crippen LogP contribution in [0.1, 0.15) is 30.8 Å². The molecule has 0 saturated heterocycles. The summed E-state index contributed by atoms with van der Waals surface area (Å²) in [6.07, 6.45) is 5.31. The lowest BCUT2D eigenvalue weighted by molar-refractivity contribution is 0.387. The molecule has 1 atom stereocenters. The first-order valence-electron chi connectivity index (χ1n) is 6.59. The Morgan fingerprint density at radius 1 is 1.37 bits per heavy atom. The minimum atomic E-state index is 0.172. The van der Waals surface area contributed by atoms with Crippen LogP contribution < -0.4 is 10.1 Å². The predicted molar refractivity (Wildman–Crippen MR) is 74.2 cm³/mol. The third-order valence-corrected chi connectivity index (χ3v) is 3.06. The van der Waals surface area contributed by atoms with Gasteiger partial charge < -0.3 is 14.5 Å². The number of aromatic nitrogens is 1. The fourth-order valence-corrected chi connectivity index (χ4v) is 2.16. The van der Waals surface area contributed by atoms with E-state index < -0.39 is 0 Å². The van der Waals surface area contributed by atoms with E-state index in [1.54, 1.807) is 19.6 Å². The molecule has 0 saturated carbocycles. The molecule has 0 radical (unpaired) electrons. The number of hydrogen-bond acceptors (Lipinski definition) is 4. The maximum absolute atomic E-state index is 5.38. The fourth-order valence-electron chi connectivity index (χ4n) is 2.16. The molecule has 1 unspecified atom stereocenters. The van der Waals surface area contributed by atoms with Crippen molar-refractivity contribution in [2.75, 3.05) is 13.7 Å². The van der Waals surface area contributed by atoms with Crippen molar-refractivity contribution >= 4 is 0 Å². The van der Waals surface area contributed by atoms with Crippen molar-refractivity contribution in [3.63, 3.8) is 0 Å². The van der Waals surface area contributed by atoms with Gasteiger partial charge in [0.15, 0.2) is 0 Å². The molecular weight excluding hydrogens is 240 g/mol. The third-order valence-electron chi connectivity index (χ3n) is 3.06. The van der Waals surface area contributed by atoms with E-state index in [-0.39, 0.29) is 6.04 Å². The molecule has 0 aliphatic carbocycles. The van der Waals surface area contributed by atoms with Crippen LogP contribution in [0.3, 0.4) is 0 Å². The smallest absolute Gasteiger partial charge is 0.141 e. The Hall–Kier alpha value is -1.81. The predicted octanol–water partition coefficient (Wildman–Crippen LogP) is 2.97. The highest BCUT2D eigenvalue weighted by molar-refractivity contribution is 5.29. The molecule has 2 heterocycles. The number of nitrogens with one attached hydrogen (secondary N) is 1. The molecule has 19 heavy (non-hydrogen) atoms. The quantitative estimate of drug-likeness (QED) is 0.831. The zero-order valence-electron chi connectivity index (χ0n) is 11.4. The lowest BCUT2D eigenvalue weighted by atomic mass is 10.1. The summed E-state index contributed by atoms with van der Waals surface area (Å²) in [5.74, 6) is 1.82. The van der Waals surface area contributed by atoms with Gasteiger partial charge in [-0.3, -0.25) is 4.98 Å². The second kappa shape index (κ2) is 6.95. The lowest BCUT2D eigenvalue weighted by Crippen LogP contribution is -2.23. The van der Waals surface area contributed by atoms with E-state index in [1.807, 2.05) is 24.3 Å². The molecule has 2 aromatic heterocycles. The average molecular weight is 260 g/mol. The summed E-state index contributed by atoms with van der Waals surface area (Å²) in [7, 11) is 1.68. The molecule has 102 valence electrons. The fraction of sp³-hybridized carbons (Fsp3) is 0.400. The Labute approximate surface area is 113 Å². The van der Waals surface area contributed by atoms with Crippen LogP contribution >= 0.6 is 0 Å². The van der Waals surface area contributed by atoms with E-state index >= 15 is 0 Å². The summed E-state index contributed by atoms with van der Waals surface area (Å²) in [5, 5.41) is 3.45. The largest absolute Gasteiger partial charge is 0.495 e. The molecule has 0 amide bonds. The summed E-state index contributed by atoms with van der Waals surface area (Å²) in [6, 6.07) is 7.92. The number of nitrogens with zero attached hydrogens (tertiary/aromatic N) is 1. The van der Waals surface area contributed by atoms with Crippen molar-refractivity contribution in [2.45, 2.75) is 25.8 Å². The van der Waals surface area contributed by atoms with Gasteiger partial charge in [0.1, 0.15) is 11.5 Å². The number of pyridine rings is 1. The minimum absolute atomic E-state index is 0.172. The molecule has 4 heteroatoms. The summed E-state index contributed by atoms with van der Waals surface area (Å²) in [4.78, 5) is 4.45. The van der Waals surface area contributed by atoms with Gasteiger partial charge in [-0.1, -0.05) is 6.92 Å². The summed E-state index contributed by atoms with van der Waals surface area (Å²) in [6.45, 7) is 2.98. The van der Waals surface area contributed by atoms with Gasteiger partial charge in [-0.25, -0.2) is 0 Å². The Balaban J connectivity index is 2.10. The Morgan fingerprint density at radius 3 is 2.95 bits per heavy atom. The molecule has 0 aliphatic rings. The molecule has 0 bridgehead atoms. The normalized spacial score (nSPS) is 12.3. The number of furan rings is 1. The van der Waals surface area contributed by atoms with Gasteiger partial charge in [-0.2, -0.15) is 0 Å². The van der Waals surface area contributed by atoms with Gasteiger partial charge in [-0.05, 0) is 37.2 Å². The molecule has 2 rings (SSSR count). The number of ether oxygens (including phenoxy) is 1. The van der Waals surface area contributed by atoms with Crippen LogP contribution in [0.15, 0.2) is 41.1 Å². The van der Waals surface area contributed by atoms with E-state index in [9.17, 15) is 0 Å². The van der Waals surface area contributed by atoms with E-state index in [1.165, 1.54) is 0 Å². The average Bonchev–Trinajstić information content (AvgIpc) is 2.96. The second-order valence-corrected chi connectivity index (χ2v) is 4.32.